The summed E-state index contributed by atoms with van der Waals surface area (Å²) >= 11 is 0. The molecule has 0 aliphatic carbocycles. The van der Waals surface area contributed by atoms with Crippen molar-refractivity contribution in [3.63, 3.8) is 0 Å². The third-order valence-electron chi connectivity index (χ3n) is 4.36. The van der Waals surface area contributed by atoms with E-state index in [4.69, 9.17) is 10.5 Å². The predicted molar refractivity (Wildman–Crippen MR) is 104 cm³/mol. The van der Waals surface area contributed by atoms with Gasteiger partial charge in [0.25, 0.3) is 0 Å². The summed E-state index contributed by atoms with van der Waals surface area (Å²) in [4.78, 5) is 11.1. The summed E-state index contributed by atoms with van der Waals surface area (Å²) in [6.45, 7) is 0.576. The Morgan fingerprint density at radius 2 is 1.46 bits per heavy atom. The van der Waals surface area contributed by atoms with Gasteiger partial charge in [-0.3, -0.25) is 4.79 Å². The quantitative estimate of drug-likeness (QED) is 0.651. The molecule has 3 rings (SSSR count). The van der Waals surface area contributed by atoms with Crippen LogP contribution in [0.15, 0.2) is 78.9 Å². The molecule has 2 N–H and O–H groups in total. The molecule has 0 aromatic heterocycles. The molecule has 26 heavy (non-hydrogen) atoms. The standard InChI is InChI=1S/C23H23NO2/c24-23(25)21-15-13-18(14-16-21)9-6-11-20-10-4-5-12-22(20)26-17-19-7-2-1-3-8-19/h1-5,7-8,10,12-16H,6,9,11,17H2,(H2,24,25). The Hall–Kier alpha value is -3.07. The Bertz CT molecular complexity index is 842. The first-order chi connectivity index (χ1) is 12.7. The van der Waals surface area contributed by atoms with Crippen molar-refractivity contribution in [1.82, 2.24) is 0 Å². The van der Waals surface area contributed by atoms with Gasteiger partial charge < -0.3 is 10.5 Å². The number of hydrogen-bond acceptors (Lipinski definition) is 2. The van der Waals surface area contributed by atoms with Crippen molar-refractivity contribution in [3.8, 4) is 5.75 Å². The van der Waals surface area contributed by atoms with E-state index in [1.165, 1.54) is 11.1 Å². The minimum atomic E-state index is -0.388. The maximum absolute atomic E-state index is 11.1. The van der Waals surface area contributed by atoms with Gasteiger partial charge in [0.05, 0.1) is 0 Å². The summed E-state index contributed by atoms with van der Waals surface area (Å²) < 4.78 is 6.02. The number of carbonyl (C=O) groups excluding carboxylic acids is 1. The van der Waals surface area contributed by atoms with Gasteiger partial charge in [-0.1, -0.05) is 60.7 Å². The van der Waals surface area contributed by atoms with Crippen LogP contribution in [0.5, 0.6) is 5.75 Å². The van der Waals surface area contributed by atoms with Gasteiger partial charge in [0, 0.05) is 5.56 Å². The normalized spacial score (nSPS) is 10.5. The second-order valence-corrected chi connectivity index (χ2v) is 6.30. The van der Waals surface area contributed by atoms with E-state index in [1.807, 2.05) is 48.5 Å². The molecule has 0 fully saturated rings. The number of ether oxygens (including phenoxy) is 1. The lowest BCUT2D eigenvalue weighted by Gasteiger charge is -2.11. The van der Waals surface area contributed by atoms with Gasteiger partial charge in [0.15, 0.2) is 0 Å². The van der Waals surface area contributed by atoms with Crippen LogP contribution in [0, 0.1) is 0 Å². The van der Waals surface area contributed by atoms with E-state index in [9.17, 15) is 4.79 Å². The van der Waals surface area contributed by atoms with Gasteiger partial charge >= 0.3 is 0 Å². The first kappa shape index (κ1) is 17.7. The van der Waals surface area contributed by atoms with Crippen LogP contribution in [0.2, 0.25) is 0 Å². The van der Waals surface area contributed by atoms with Gasteiger partial charge in [0.1, 0.15) is 12.4 Å². The molecule has 3 nitrogen and oxygen atoms in total. The number of primary amides is 1. The topological polar surface area (TPSA) is 52.3 Å². The number of rotatable bonds is 8. The number of carbonyl (C=O) groups is 1. The molecule has 0 saturated carbocycles. The highest BCUT2D eigenvalue weighted by Gasteiger charge is 2.05. The molecule has 0 spiro atoms. The van der Waals surface area contributed by atoms with Crippen LogP contribution in [0.25, 0.3) is 0 Å². The van der Waals surface area contributed by atoms with Gasteiger partial charge in [-0.25, -0.2) is 0 Å². The third-order valence-corrected chi connectivity index (χ3v) is 4.36. The maximum atomic E-state index is 11.1. The van der Waals surface area contributed by atoms with Crippen LogP contribution >= 0.6 is 0 Å². The second kappa shape index (κ2) is 8.86. The summed E-state index contributed by atoms with van der Waals surface area (Å²) in [6.07, 6.45) is 2.91. The first-order valence-electron chi connectivity index (χ1n) is 8.86. The summed E-state index contributed by atoms with van der Waals surface area (Å²) in [5, 5.41) is 0. The largest absolute Gasteiger partial charge is 0.489 e. The third kappa shape index (κ3) is 4.96. The van der Waals surface area contributed by atoms with E-state index < -0.39 is 0 Å². The van der Waals surface area contributed by atoms with Crippen LogP contribution in [-0.4, -0.2) is 5.91 Å². The molecule has 0 heterocycles. The lowest BCUT2D eigenvalue weighted by molar-refractivity contribution is 0.100. The highest BCUT2D eigenvalue weighted by Crippen LogP contribution is 2.21. The van der Waals surface area contributed by atoms with E-state index in [-0.39, 0.29) is 5.91 Å². The highest BCUT2D eigenvalue weighted by atomic mass is 16.5. The van der Waals surface area contributed by atoms with Gasteiger partial charge in [0.2, 0.25) is 5.91 Å². The van der Waals surface area contributed by atoms with Crippen LogP contribution < -0.4 is 10.5 Å². The Morgan fingerprint density at radius 1 is 0.769 bits per heavy atom. The van der Waals surface area contributed by atoms with Crippen LogP contribution in [0.4, 0.5) is 0 Å². The van der Waals surface area contributed by atoms with E-state index in [2.05, 4.69) is 18.2 Å². The lowest BCUT2D eigenvalue weighted by atomic mass is 10.0. The Morgan fingerprint density at radius 3 is 2.19 bits per heavy atom. The predicted octanol–water partition coefficient (Wildman–Crippen LogP) is 4.54. The molecule has 0 aliphatic heterocycles. The molecule has 3 heteroatoms. The van der Waals surface area contributed by atoms with Crippen molar-refractivity contribution in [2.45, 2.75) is 25.9 Å². The molecular formula is C23H23NO2. The molecular weight excluding hydrogens is 322 g/mol. The first-order valence-corrected chi connectivity index (χ1v) is 8.86. The molecule has 0 bridgehead atoms. The number of benzene rings is 3. The summed E-state index contributed by atoms with van der Waals surface area (Å²) in [7, 11) is 0. The van der Waals surface area contributed by atoms with Crippen molar-refractivity contribution in [3.05, 3.63) is 101 Å². The molecule has 0 aliphatic rings. The van der Waals surface area contributed by atoms with Crippen molar-refractivity contribution in [1.29, 1.82) is 0 Å². The van der Waals surface area contributed by atoms with Crippen molar-refractivity contribution in [2.24, 2.45) is 5.73 Å². The highest BCUT2D eigenvalue weighted by molar-refractivity contribution is 5.92. The molecule has 3 aromatic rings. The SMILES string of the molecule is NC(=O)c1ccc(CCCc2ccccc2OCc2ccccc2)cc1. The Balaban J connectivity index is 1.55. The van der Waals surface area contributed by atoms with Crippen LogP contribution in [0.1, 0.15) is 33.5 Å². The molecule has 3 aromatic carbocycles. The molecule has 132 valence electrons. The zero-order valence-corrected chi connectivity index (χ0v) is 14.7. The molecule has 0 saturated heterocycles. The minimum Gasteiger partial charge on any atom is -0.489 e. The molecule has 0 unspecified atom stereocenters. The van der Waals surface area contributed by atoms with Gasteiger partial charge in [-0.15, -0.1) is 0 Å². The van der Waals surface area contributed by atoms with E-state index in [0.717, 1.165) is 30.6 Å². The Labute approximate surface area is 154 Å². The second-order valence-electron chi connectivity index (χ2n) is 6.30. The number of nitrogens with two attached hydrogens (primary N) is 1. The van der Waals surface area contributed by atoms with Crippen molar-refractivity contribution >= 4 is 5.91 Å². The minimum absolute atomic E-state index is 0.388. The van der Waals surface area contributed by atoms with Gasteiger partial charge in [-0.05, 0) is 54.2 Å². The summed E-state index contributed by atoms with van der Waals surface area (Å²) in [5.74, 6) is 0.557. The average Bonchev–Trinajstić information content (AvgIpc) is 2.68. The van der Waals surface area contributed by atoms with E-state index in [0.29, 0.717) is 12.2 Å². The monoisotopic (exact) mass is 345 g/mol. The zero-order chi connectivity index (χ0) is 18.2. The maximum Gasteiger partial charge on any atom is 0.248 e. The van der Waals surface area contributed by atoms with E-state index in [1.54, 1.807) is 12.1 Å². The van der Waals surface area contributed by atoms with Crippen LogP contribution in [0.3, 0.4) is 0 Å². The fourth-order valence-corrected chi connectivity index (χ4v) is 2.91. The number of amides is 1. The average molecular weight is 345 g/mol. The summed E-state index contributed by atoms with van der Waals surface area (Å²) in [6, 6.07) is 25.9. The number of para-hydroxylation sites is 1. The van der Waals surface area contributed by atoms with Gasteiger partial charge in [-0.2, -0.15) is 0 Å². The molecule has 1 amide bonds. The number of aryl methyl sites for hydroxylation is 2. The smallest absolute Gasteiger partial charge is 0.248 e. The molecule has 0 radical (unpaired) electrons. The van der Waals surface area contributed by atoms with E-state index >= 15 is 0 Å². The molecule has 0 atom stereocenters. The number of hydrogen-bond donors (Lipinski definition) is 1. The fourth-order valence-electron chi connectivity index (χ4n) is 2.91. The lowest BCUT2D eigenvalue weighted by Crippen LogP contribution is -2.10. The van der Waals surface area contributed by atoms with Crippen molar-refractivity contribution < 1.29 is 9.53 Å². The van der Waals surface area contributed by atoms with Crippen LogP contribution in [-0.2, 0) is 19.4 Å². The summed E-state index contributed by atoms with van der Waals surface area (Å²) in [5.41, 5.74) is 9.41. The Kier molecular flexibility index (Phi) is 6.05. The zero-order valence-electron chi connectivity index (χ0n) is 14.7. The fraction of sp³-hybridized carbons (Fsp3) is 0.174. The van der Waals surface area contributed by atoms with Crippen molar-refractivity contribution in [2.75, 3.05) is 0 Å².